The normalized spacial score (nSPS) is 10.8. The van der Waals surface area contributed by atoms with Crippen molar-refractivity contribution in [2.45, 2.75) is 20.1 Å². The van der Waals surface area contributed by atoms with Crippen LogP contribution in [-0.2, 0) is 13.2 Å². The lowest BCUT2D eigenvalue weighted by Crippen LogP contribution is -2.12. The number of carbonyl (C=O) groups is 1. The summed E-state index contributed by atoms with van der Waals surface area (Å²) >= 11 is 12.1. The van der Waals surface area contributed by atoms with Crippen molar-refractivity contribution in [1.82, 2.24) is 9.78 Å². The molecule has 0 aliphatic heterocycles. The standard InChI is InChI=1S/C23H18Cl2N4O5/c1-14-10-17(6-8-20(14)29(31)32)33-13-18-7-9-21(34-18)23(30)26-22-19(25)12-28(27-22)11-15-2-4-16(24)5-3-15/h2-10,12H,11,13H2,1H3,(H,26,27,30). The smallest absolute Gasteiger partial charge is 0.292 e. The Kier molecular flexibility index (Phi) is 6.85. The molecule has 1 N–H and O–H groups in total. The first-order valence-electron chi connectivity index (χ1n) is 10.0. The van der Waals surface area contributed by atoms with Crippen molar-refractivity contribution < 1.29 is 18.9 Å². The number of furan rings is 1. The van der Waals surface area contributed by atoms with Crippen LogP contribution in [0, 0.1) is 17.0 Å². The van der Waals surface area contributed by atoms with Gasteiger partial charge in [-0.15, -0.1) is 0 Å². The number of nitro benzene ring substituents is 1. The molecule has 0 unspecified atom stereocenters. The Labute approximate surface area is 204 Å². The molecule has 0 saturated carbocycles. The molecule has 0 atom stereocenters. The lowest BCUT2D eigenvalue weighted by molar-refractivity contribution is -0.385. The number of anilines is 1. The van der Waals surface area contributed by atoms with Gasteiger partial charge in [-0.1, -0.05) is 35.3 Å². The number of aromatic nitrogens is 2. The molecule has 0 radical (unpaired) electrons. The number of nitrogens with one attached hydrogen (secondary N) is 1. The maximum atomic E-state index is 12.6. The van der Waals surface area contributed by atoms with Crippen molar-refractivity contribution in [3.63, 3.8) is 0 Å². The first kappa shape index (κ1) is 23.3. The molecule has 0 aliphatic rings. The number of aryl methyl sites for hydroxylation is 1. The van der Waals surface area contributed by atoms with E-state index in [1.54, 1.807) is 42.1 Å². The van der Waals surface area contributed by atoms with Crippen LogP contribution in [0.1, 0.15) is 27.4 Å². The maximum absolute atomic E-state index is 12.6. The molecule has 9 nitrogen and oxygen atoms in total. The van der Waals surface area contributed by atoms with Crippen molar-refractivity contribution >= 4 is 40.6 Å². The molecule has 11 heteroatoms. The number of nitro groups is 1. The predicted molar refractivity (Wildman–Crippen MR) is 127 cm³/mol. The second-order valence-electron chi connectivity index (χ2n) is 7.36. The van der Waals surface area contributed by atoms with E-state index in [1.165, 1.54) is 18.2 Å². The Hall–Kier alpha value is -3.82. The largest absolute Gasteiger partial charge is 0.486 e. The fourth-order valence-electron chi connectivity index (χ4n) is 3.16. The molecular weight excluding hydrogens is 483 g/mol. The van der Waals surface area contributed by atoms with Gasteiger partial charge in [0, 0.05) is 22.8 Å². The fraction of sp³-hybridized carbons (Fsp3) is 0.130. The third-order valence-electron chi connectivity index (χ3n) is 4.84. The molecule has 0 fully saturated rings. The number of benzene rings is 2. The first-order chi connectivity index (χ1) is 16.3. The van der Waals surface area contributed by atoms with Gasteiger partial charge in [0.1, 0.15) is 23.1 Å². The van der Waals surface area contributed by atoms with Crippen LogP contribution >= 0.6 is 23.2 Å². The SMILES string of the molecule is Cc1cc(OCc2ccc(C(=O)Nc3nn(Cc4ccc(Cl)cc4)cc3Cl)o2)ccc1[N+](=O)[O-]. The van der Waals surface area contributed by atoms with Crippen molar-refractivity contribution in [3.05, 3.63) is 104 Å². The molecule has 34 heavy (non-hydrogen) atoms. The van der Waals surface area contributed by atoms with Crippen LogP contribution in [-0.4, -0.2) is 20.6 Å². The number of hydrogen-bond acceptors (Lipinski definition) is 6. The number of nitrogens with zero attached hydrogens (tertiary/aromatic N) is 3. The Morgan fingerprint density at radius 1 is 1.18 bits per heavy atom. The van der Waals surface area contributed by atoms with Crippen LogP contribution in [0.2, 0.25) is 10.0 Å². The maximum Gasteiger partial charge on any atom is 0.292 e. The molecular formula is C23H18Cl2N4O5. The van der Waals surface area contributed by atoms with E-state index in [2.05, 4.69) is 10.4 Å². The number of rotatable bonds is 8. The summed E-state index contributed by atoms with van der Waals surface area (Å²) in [4.78, 5) is 23.0. The molecule has 1 amide bonds. The Morgan fingerprint density at radius 2 is 1.94 bits per heavy atom. The minimum atomic E-state index is -0.518. The predicted octanol–water partition coefficient (Wildman–Crippen LogP) is 5.88. The molecule has 4 rings (SSSR count). The second-order valence-corrected chi connectivity index (χ2v) is 8.21. The van der Waals surface area contributed by atoms with E-state index in [1.807, 2.05) is 12.1 Å². The molecule has 2 aromatic carbocycles. The quantitative estimate of drug-likeness (QED) is 0.238. The summed E-state index contributed by atoms with van der Waals surface area (Å²) in [6.45, 7) is 2.13. The second kappa shape index (κ2) is 9.98. The Bertz CT molecular complexity index is 1350. The van der Waals surface area contributed by atoms with Gasteiger partial charge in [0.25, 0.3) is 11.6 Å². The number of hydrogen-bond donors (Lipinski definition) is 1. The van der Waals surface area contributed by atoms with E-state index in [0.29, 0.717) is 28.6 Å². The Morgan fingerprint density at radius 3 is 2.65 bits per heavy atom. The topological polar surface area (TPSA) is 112 Å². The summed E-state index contributed by atoms with van der Waals surface area (Å²) in [7, 11) is 0. The molecule has 0 saturated heterocycles. The van der Waals surface area contributed by atoms with Crippen LogP contribution in [0.15, 0.2) is 65.2 Å². The first-order valence-corrected chi connectivity index (χ1v) is 10.8. The monoisotopic (exact) mass is 500 g/mol. The number of carbonyl (C=O) groups excluding carboxylic acids is 1. The highest BCUT2D eigenvalue weighted by Crippen LogP contribution is 2.25. The third kappa shape index (κ3) is 5.56. The molecule has 2 heterocycles. The summed E-state index contributed by atoms with van der Waals surface area (Å²) in [5, 5.41) is 18.8. The van der Waals surface area contributed by atoms with Gasteiger partial charge < -0.3 is 14.5 Å². The van der Waals surface area contributed by atoms with E-state index < -0.39 is 10.8 Å². The van der Waals surface area contributed by atoms with Crippen LogP contribution in [0.4, 0.5) is 11.5 Å². The highest BCUT2D eigenvalue weighted by atomic mass is 35.5. The zero-order chi connectivity index (χ0) is 24.2. The van der Waals surface area contributed by atoms with Crippen molar-refractivity contribution in [3.8, 4) is 5.75 Å². The Balaban J connectivity index is 1.36. The van der Waals surface area contributed by atoms with Gasteiger partial charge in [-0.05, 0) is 48.9 Å². The molecule has 0 spiro atoms. The van der Waals surface area contributed by atoms with Crippen molar-refractivity contribution in [1.29, 1.82) is 0 Å². The minimum absolute atomic E-state index is 0.0126. The van der Waals surface area contributed by atoms with Crippen LogP contribution < -0.4 is 10.1 Å². The fourth-order valence-corrected chi connectivity index (χ4v) is 3.49. The van der Waals surface area contributed by atoms with E-state index in [9.17, 15) is 14.9 Å². The van der Waals surface area contributed by atoms with Gasteiger partial charge in [-0.3, -0.25) is 19.6 Å². The minimum Gasteiger partial charge on any atom is -0.486 e. The molecule has 0 aliphatic carbocycles. The van der Waals surface area contributed by atoms with E-state index in [0.717, 1.165) is 5.56 Å². The lowest BCUT2D eigenvalue weighted by Gasteiger charge is -2.05. The molecule has 2 aromatic heterocycles. The average molecular weight is 501 g/mol. The van der Waals surface area contributed by atoms with Gasteiger partial charge in [-0.25, -0.2) is 0 Å². The number of ether oxygens (including phenoxy) is 1. The van der Waals surface area contributed by atoms with Crippen LogP contribution in [0.25, 0.3) is 0 Å². The van der Waals surface area contributed by atoms with E-state index in [-0.39, 0.29) is 28.9 Å². The van der Waals surface area contributed by atoms with Crippen molar-refractivity contribution in [2.75, 3.05) is 5.32 Å². The van der Waals surface area contributed by atoms with Gasteiger partial charge in [0.2, 0.25) is 0 Å². The number of amides is 1. The summed E-state index contributed by atoms with van der Waals surface area (Å²) < 4.78 is 12.8. The average Bonchev–Trinajstić information content (AvgIpc) is 3.40. The van der Waals surface area contributed by atoms with Gasteiger partial charge in [0.05, 0.1) is 11.5 Å². The van der Waals surface area contributed by atoms with Crippen LogP contribution in [0.3, 0.4) is 0 Å². The van der Waals surface area contributed by atoms with Gasteiger partial charge in [0.15, 0.2) is 11.6 Å². The molecule has 174 valence electrons. The molecule has 0 bridgehead atoms. The molecule has 4 aromatic rings. The van der Waals surface area contributed by atoms with E-state index >= 15 is 0 Å². The van der Waals surface area contributed by atoms with Gasteiger partial charge in [-0.2, -0.15) is 5.10 Å². The van der Waals surface area contributed by atoms with Crippen LogP contribution in [0.5, 0.6) is 5.75 Å². The van der Waals surface area contributed by atoms with E-state index in [4.69, 9.17) is 32.4 Å². The highest BCUT2D eigenvalue weighted by Gasteiger charge is 2.17. The summed E-state index contributed by atoms with van der Waals surface area (Å²) in [5.74, 6) is 0.595. The van der Waals surface area contributed by atoms with Crippen molar-refractivity contribution in [2.24, 2.45) is 0 Å². The zero-order valence-corrected chi connectivity index (χ0v) is 19.3. The summed E-state index contributed by atoms with van der Waals surface area (Å²) in [6, 6.07) is 14.9. The number of halogens is 2. The summed E-state index contributed by atoms with van der Waals surface area (Å²) in [5.41, 5.74) is 1.47. The third-order valence-corrected chi connectivity index (χ3v) is 5.37. The highest BCUT2D eigenvalue weighted by molar-refractivity contribution is 6.33. The lowest BCUT2D eigenvalue weighted by atomic mass is 10.2. The summed E-state index contributed by atoms with van der Waals surface area (Å²) in [6.07, 6.45) is 1.61. The van der Waals surface area contributed by atoms with Gasteiger partial charge >= 0.3 is 0 Å². The zero-order valence-electron chi connectivity index (χ0n) is 17.8.